The maximum atomic E-state index is 12.3. The summed E-state index contributed by atoms with van der Waals surface area (Å²) in [5.41, 5.74) is 0. The Morgan fingerprint density at radius 3 is 2.00 bits per heavy atom. The summed E-state index contributed by atoms with van der Waals surface area (Å²) < 4.78 is 49.0. The van der Waals surface area contributed by atoms with Crippen molar-refractivity contribution in [1.29, 1.82) is 0 Å². The summed E-state index contributed by atoms with van der Waals surface area (Å²) in [7, 11) is 0. The Kier molecular flexibility index (Phi) is 4.61. The van der Waals surface area contributed by atoms with Crippen LogP contribution in [-0.2, 0) is 0 Å². The normalized spacial score (nSPS) is 9.42. The monoisotopic (exact) mass is 206 g/mol. The summed E-state index contributed by atoms with van der Waals surface area (Å²) >= 11 is 3.27. The van der Waals surface area contributed by atoms with Crippen LogP contribution in [-0.4, -0.2) is 0 Å². The second-order valence-electron chi connectivity index (χ2n) is 1.82. The molecule has 62 valence electrons. The topological polar surface area (TPSA) is 0 Å². The summed E-state index contributed by atoms with van der Waals surface area (Å²) in [6, 6.07) is 0.237. The molecular weight excluding hydrogens is 203 g/mol. The van der Waals surface area contributed by atoms with Gasteiger partial charge < -0.3 is 1.43 Å². The van der Waals surface area contributed by atoms with Gasteiger partial charge in [-0.2, -0.15) is 0 Å². The molecule has 0 amide bonds. The first-order valence-corrected chi connectivity index (χ1v) is 3.00. The van der Waals surface area contributed by atoms with Crippen LogP contribution in [0.5, 0.6) is 0 Å². The molecule has 0 fully saturated rings. The van der Waals surface area contributed by atoms with E-state index in [0.717, 1.165) is 0 Å². The van der Waals surface area contributed by atoms with E-state index in [2.05, 4.69) is 12.6 Å². The maximum Gasteiger partial charge on any atom is 1.00 e. The van der Waals surface area contributed by atoms with Crippen molar-refractivity contribution in [1.82, 2.24) is 0 Å². The molecular formula is C6H3F4NaS. The largest absolute Gasteiger partial charge is 1.00 e. The molecule has 0 atom stereocenters. The Morgan fingerprint density at radius 1 is 1.00 bits per heavy atom. The zero-order chi connectivity index (χ0) is 8.59. The van der Waals surface area contributed by atoms with Crippen LogP contribution in [0.25, 0.3) is 0 Å². The van der Waals surface area contributed by atoms with Gasteiger partial charge in [0.15, 0.2) is 17.5 Å². The van der Waals surface area contributed by atoms with E-state index >= 15 is 0 Å². The van der Waals surface area contributed by atoms with E-state index < -0.39 is 28.2 Å². The third-order valence-corrected chi connectivity index (χ3v) is 1.50. The van der Waals surface area contributed by atoms with Crippen molar-refractivity contribution in [2.75, 3.05) is 0 Å². The first kappa shape index (κ1) is 12.3. The standard InChI is InChI=1S/C6H2F4S.Na.H/c7-2-1-3(8)6(11)5(10)4(2)9;;/h1,11H;;/q;+1;-1. The van der Waals surface area contributed by atoms with Crippen LogP contribution in [0, 0.1) is 23.3 Å². The van der Waals surface area contributed by atoms with Crippen LogP contribution in [0.2, 0.25) is 0 Å². The molecule has 0 radical (unpaired) electrons. The molecule has 0 N–H and O–H groups in total. The van der Waals surface area contributed by atoms with Gasteiger partial charge in [0.25, 0.3) is 0 Å². The van der Waals surface area contributed by atoms with Crippen LogP contribution in [0.15, 0.2) is 11.0 Å². The van der Waals surface area contributed by atoms with Crippen molar-refractivity contribution in [2.45, 2.75) is 4.90 Å². The number of rotatable bonds is 0. The minimum Gasteiger partial charge on any atom is -1.00 e. The predicted octanol–water partition coefficient (Wildman–Crippen LogP) is -0.352. The molecule has 0 unspecified atom stereocenters. The third kappa shape index (κ3) is 2.16. The van der Waals surface area contributed by atoms with Crippen LogP contribution < -0.4 is 29.6 Å². The van der Waals surface area contributed by atoms with Crippen molar-refractivity contribution < 1.29 is 48.5 Å². The van der Waals surface area contributed by atoms with Gasteiger partial charge in [-0.3, -0.25) is 0 Å². The number of thiol groups is 1. The molecule has 0 saturated carbocycles. The van der Waals surface area contributed by atoms with Crippen LogP contribution >= 0.6 is 12.6 Å². The minimum atomic E-state index is -1.71. The molecule has 0 aliphatic carbocycles. The molecule has 0 heterocycles. The zero-order valence-corrected chi connectivity index (χ0v) is 8.93. The average Bonchev–Trinajstić information content (AvgIpc) is 1.97. The third-order valence-electron chi connectivity index (χ3n) is 1.09. The second kappa shape index (κ2) is 4.50. The first-order chi connectivity index (χ1) is 5.04. The van der Waals surface area contributed by atoms with E-state index in [-0.39, 0.29) is 37.1 Å². The van der Waals surface area contributed by atoms with E-state index in [1.807, 2.05) is 0 Å². The first-order valence-electron chi connectivity index (χ1n) is 2.56. The van der Waals surface area contributed by atoms with Crippen LogP contribution in [0.4, 0.5) is 17.6 Å². The number of hydrogen-bond donors (Lipinski definition) is 1. The SMILES string of the molecule is Fc1cc(F)c(S)c(F)c1F.[H-].[Na+]. The Hall–Kier alpha value is 0.290. The molecule has 1 rings (SSSR count). The molecule has 0 aromatic heterocycles. The van der Waals surface area contributed by atoms with Gasteiger partial charge in [-0.05, 0) is 0 Å². The van der Waals surface area contributed by atoms with E-state index in [4.69, 9.17) is 0 Å². The Morgan fingerprint density at radius 2 is 1.50 bits per heavy atom. The van der Waals surface area contributed by atoms with Crippen LogP contribution in [0.3, 0.4) is 0 Å². The summed E-state index contributed by atoms with van der Waals surface area (Å²) in [5.74, 6) is -6.09. The molecule has 0 nitrogen and oxygen atoms in total. The molecule has 0 saturated heterocycles. The quantitative estimate of drug-likeness (QED) is 0.194. The van der Waals surface area contributed by atoms with Gasteiger partial charge >= 0.3 is 29.6 Å². The zero-order valence-electron chi connectivity index (χ0n) is 7.04. The van der Waals surface area contributed by atoms with Crippen molar-refractivity contribution >= 4 is 12.6 Å². The predicted molar refractivity (Wildman–Crippen MR) is 34.6 cm³/mol. The van der Waals surface area contributed by atoms with Crippen molar-refractivity contribution in [2.24, 2.45) is 0 Å². The number of halogens is 4. The molecule has 0 aliphatic heterocycles. The molecule has 1 aromatic carbocycles. The van der Waals surface area contributed by atoms with Crippen molar-refractivity contribution in [3.8, 4) is 0 Å². The van der Waals surface area contributed by atoms with Gasteiger partial charge in [-0.25, -0.2) is 17.6 Å². The van der Waals surface area contributed by atoms with Crippen LogP contribution in [0.1, 0.15) is 1.43 Å². The van der Waals surface area contributed by atoms with E-state index in [1.54, 1.807) is 0 Å². The fraction of sp³-hybridized carbons (Fsp3) is 0. The van der Waals surface area contributed by atoms with E-state index in [9.17, 15) is 17.6 Å². The van der Waals surface area contributed by atoms with E-state index in [1.165, 1.54) is 0 Å². The van der Waals surface area contributed by atoms with Gasteiger partial charge in [0.1, 0.15) is 5.82 Å². The Balaban J connectivity index is 0. The Labute approximate surface area is 95.1 Å². The summed E-state index contributed by atoms with van der Waals surface area (Å²) in [6.45, 7) is 0. The summed E-state index contributed by atoms with van der Waals surface area (Å²) in [6.07, 6.45) is 0. The molecule has 1 aromatic rings. The summed E-state index contributed by atoms with van der Waals surface area (Å²) in [5, 5.41) is 0. The minimum absolute atomic E-state index is 0. The van der Waals surface area contributed by atoms with E-state index in [0.29, 0.717) is 0 Å². The smallest absolute Gasteiger partial charge is 1.00 e. The number of hydrogen-bond acceptors (Lipinski definition) is 1. The average molecular weight is 206 g/mol. The van der Waals surface area contributed by atoms with Gasteiger partial charge in [0.2, 0.25) is 0 Å². The molecule has 0 bridgehead atoms. The molecule has 0 spiro atoms. The van der Waals surface area contributed by atoms with Gasteiger partial charge in [0, 0.05) is 6.07 Å². The van der Waals surface area contributed by atoms with Gasteiger partial charge in [0.05, 0.1) is 4.90 Å². The summed E-state index contributed by atoms with van der Waals surface area (Å²) in [4.78, 5) is -0.816. The fourth-order valence-electron chi connectivity index (χ4n) is 0.557. The van der Waals surface area contributed by atoms with Crippen molar-refractivity contribution in [3.05, 3.63) is 29.3 Å². The Bertz CT molecular complexity index is 281. The fourth-order valence-corrected chi connectivity index (χ4v) is 0.719. The second-order valence-corrected chi connectivity index (χ2v) is 2.26. The van der Waals surface area contributed by atoms with Crippen molar-refractivity contribution in [3.63, 3.8) is 0 Å². The van der Waals surface area contributed by atoms with Gasteiger partial charge in [-0.15, -0.1) is 12.6 Å². The molecule has 6 heteroatoms. The molecule has 0 aliphatic rings. The maximum absolute atomic E-state index is 12.3. The number of benzene rings is 1. The van der Waals surface area contributed by atoms with Gasteiger partial charge in [-0.1, -0.05) is 0 Å². The molecule has 12 heavy (non-hydrogen) atoms.